The van der Waals surface area contributed by atoms with Gasteiger partial charge in [0.25, 0.3) is 0 Å². The zero-order chi connectivity index (χ0) is 19.3. The Balaban J connectivity index is 1.72. The molecule has 4 N–H and O–H groups in total. The number of phenols is 1. The van der Waals surface area contributed by atoms with Crippen molar-refractivity contribution in [2.24, 2.45) is 0 Å². The minimum absolute atomic E-state index is 0.0652. The quantitative estimate of drug-likeness (QED) is 0.454. The van der Waals surface area contributed by atoms with E-state index in [1.165, 1.54) is 12.1 Å². The molecule has 0 aliphatic carbocycles. The summed E-state index contributed by atoms with van der Waals surface area (Å²) in [7, 11) is -3.53. The molecule has 8 nitrogen and oxygen atoms in total. The number of nitrogens with one attached hydrogen (secondary N) is 2. The molecule has 0 spiro atoms. The molecule has 1 unspecified atom stereocenters. The number of benzene rings is 1. The van der Waals surface area contributed by atoms with Crippen molar-refractivity contribution in [2.45, 2.75) is 38.6 Å². The zero-order valence-electron chi connectivity index (χ0n) is 14.5. The van der Waals surface area contributed by atoms with Gasteiger partial charge in [-0.1, -0.05) is 12.5 Å². The predicted molar refractivity (Wildman–Crippen MR) is 93.0 cm³/mol. The van der Waals surface area contributed by atoms with E-state index < -0.39 is 34.0 Å². The molecule has 1 aromatic rings. The van der Waals surface area contributed by atoms with E-state index >= 15 is 0 Å². The molecule has 0 radical (unpaired) electrons. The number of unbranched alkanes of at least 4 members (excludes halogenated alkanes) is 2. The number of aromatic hydroxyl groups is 1. The fourth-order valence-corrected chi connectivity index (χ4v) is 4.11. The highest BCUT2D eigenvalue weighted by molar-refractivity contribution is 7.89. The number of amides is 1. The van der Waals surface area contributed by atoms with Crippen LogP contribution in [0.25, 0.3) is 0 Å². The number of carbonyl (C=O) groups is 1. The Hall–Kier alpha value is -1.75. The van der Waals surface area contributed by atoms with Crippen molar-refractivity contribution in [1.82, 2.24) is 14.9 Å². The fraction of sp³-hybridized carbons (Fsp3) is 0.562. The lowest BCUT2D eigenvalue weighted by molar-refractivity contribution is -0.119. The lowest BCUT2D eigenvalue weighted by Gasteiger charge is -2.17. The van der Waals surface area contributed by atoms with Crippen LogP contribution in [0.4, 0.5) is 4.39 Å². The Morgan fingerprint density at radius 2 is 2.12 bits per heavy atom. The van der Waals surface area contributed by atoms with Gasteiger partial charge in [0, 0.05) is 12.6 Å². The summed E-state index contributed by atoms with van der Waals surface area (Å²) in [4.78, 5) is 12.7. The lowest BCUT2D eigenvalue weighted by atomic mass is 10.1. The predicted octanol–water partition coefficient (Wildman–Crippen LogP) is 0.390. The number of aliphatic hydroxyl groups is 1. The van der Waals surface area contributed by atoms with E-state index in [4.69, 9.17) is 0 Å². The summed E-state index contributed by atoms with van der Waals surface area (Å²) in [5.74, 6) is -1.58. The zero-order valence-corrected chi connectivity index (χ0v) is 15.3. The van der Waals surface area contributed by atoms with Gasteiger partial charge >= 0.3 is 0 Å². The molecule has 1 heterocycles. The maximum atomic E-state index is 13.1. The molecule has 1 aliphatic rings. The molecule has 2 rings (SSSR count). The number of hydrogen-bond donors (Lipinski definition) is 4. The van der Waals surface area contributed by atoms with E-state index in [9.17, 15) is 27.8 Å². The maximum absolute atomic E-state index is 13.1. The van der Waals surface area contributed by atoms with Gasteiger partial charge in [-0.25, -0.2) is 17.5 Å². The van der Waals surface area contributed by atoms with Crippen molar-refractivity contribution in [3.05, 3.63) is 29.6 Å². The molecule has 1 saturated heterocycles. The first kappa shape index (κ1) is 20.6. The molecule has 2 atom stereocenters. The van der Waals surface area contributed by atoms with Crippen LogP contribution in [0, 0.1) is 5.82 Å². The second-order valence-electron chi connectivity index (χ2n) is 6.34. The van der Waals surface area contributed by atoms with E-state index in [-0.39, 0.29) is 18.2 Å². The van der Waals surface area contributed by atoms with Gasteiger partial charge in [0.2, 0.25) is 15.9 Å². The molecule has 26 heavy (non-hydrogen) atoms. The molecule has 1 aromatic carbocycles. The Morgan fingerprint density at radius 3 is 2.73 bits per heavy atom. The van der Waals surface area contributed by atoms with Crippen molar-refractivity contribution in [3.63, 3.8) is 0 Å². The number of halogens is 1. The summed E-state index contributed by atoms with van der Waals surface area (Å²) in [6, 6.07) is 3.10. The minimum Gasteiger partial charge on any atom is -0.505 e. The van der Waals surface area contributed by atoms with Gasteiger partial charge in [0.15, 0.2) is 17.9 Å². The number of sulfonamides is 1. The Labute approximate surface area is 152 Å². The number of aliphatic hydroxyl groups excluding tert-OH is 1. The Kier molecular flexibility index (Phi) is 6.93. The number of phenolic OH excluding ortho intramolecular Hbond substituents is 1. The maximum Gasteiger partial charge on any atom is 0.237 e. The van der Waals surface area contributed by atoms with Gasteiger partial charge in [-0.15, -0.1) is 0 Å². The number of nitrogens with zero attached hydrogens (tertiary/aromatic N) is 1. The molecule has 0 aromatic heterocycles. The van der Waals surface area contributed by atoms with Crippen LogP contribution in [-0.4, -0.2) is 54.6 Å². The van der Waals surface area contributed by atoms with E-state index in [0.717, 1.165) is 6.07 Å². The highest BCUT2D eigenvalue weighted by Crippen LogP contribution is 2.22. The van der Waals surface area contributed by atoms with Crippen molar-refractivity contribution in [1.29, 1.82) is 0 Å². The van der Waals surface area contributed by atoms with Crippen LogP contribution in [0.2, 0.25) is 0 Å². The van der Waals surface area contributed by atoms with Gasteiger partial charge in [-0.3, -0.25) is 9.69 Å². The van der Waals surface area contributed by atoms with E-state index in [1.807, 2.05) is 0 Å². The minimum atomic E-state index is -3.53. The van der Waals surface area contributed by atoms with Crippen LogP contribution in [0.15, 0.2) is 18.2 Å². The third kappa shape index (κ3) is 5.90. The standard InChI is InChI=1S/C16H24FN3O5S/c1-11(12-5-6-13(17)14(21)9-12)19-26(24,25)8-4-2-3-7-20-10-15(22)18-16(20)23/h5-6,9,11,16,19,21,23H,2-4,7-8,10H2,1H3,(H,18,22)/t11-,16?/m1/s1. The molecule has 1 aliphatic heterocycles. The van der Waals surface area contributed by atoms with Gasteiger partial charge in [-0.05, 0) is 37.5 Å². The Morgan fingerprint density at radius 1 is 1.38 bits per heavy atom. The smallest absolute Gasteiger partial charge is 0.237 e. The summed E-state index contributed by atoms with van der Waals surface area (Å²) in [6.07, 6.45) is 0.746. The second kappa shape index (κ2) is 8.76. The van der Waals surface area contributed by atoms with Crippen molar-refractivity contribution in [2.75, 3.05) is 18.8 Å². The summed E-state index contributed by atoms with van der Waals surface area (Å²) >= 11 is 0. The third-order valence-corrected chi connectivity index (χ3v) is 5.71. The summed E-state index contributed by atoms with van der Waals surface area (Å²) in [5.41, 5.74) is 0.465. The molecule has 1 amide bonds. The summed E-state index contributed by atoms with van der Waals surface area (Å²) in [5, 5.41) is 21.3. The summed E-state index contributed by atoms with van der Waals surface area (Å²) < 4.78 is 39.8. The number of carbonyl (C=O) groups excluding carboxylic acids is 1. The first-order chi connectivity index (χ1) is 12.2. The summed E-state index contributed by atoms with van der Waals surface area (Å²) in [6.45, 7) is 2.25. The molecule has 10 heteroatoms. The highest BCUT2D eigenvalue weighted by Gasteiger charge is 2.26. The number of hydrogen-bond acceptors (Lipinski definition) is 6. The van der Waals surface area contributed by atoms with Crippen molar-refractivity contribution >= 4 is 15.9 Å². The van der Waals surface area contributed by atoms with Crippen LogP contribution < -0.4 is 10.0 Å². The van der Waals surface area contributed by atoms with Crippen LogP contribution in [0.1, 0.15) is 37.8 Å². The van der Waals surface area contributed by atoms with E-state index in [0.29, 0.717) is 31.4 Å². The van der Waals surface area contributed by atoms with E-state index in [1.54, 1.807) is 11.8 Å². The normalized spacial score (nSPS) is 19.5. The van der Waals surface area contributed by atoms with Crippen LogP contribution in [0.5, 0.6) is 5.75 Å². The van der Waals surface area contributed by atoms with Gasteiger partial charge in [0.05, 0.1) is 12.3 Å². The van der Waals surface area contributed by atoms with Crippen molar-refractivity contribution in [3.8, 4) is 5.75 Å². The fourth-order valence-electron chi connectivity index (χ4n) is 2.73. The molecule has 0 saturated carbocycles. The topological polar surface area (TPSA) is 119 Å². The Bertz CT molecular complexity index is 743. The molecule has 146 valence electrons. The largest absolute Gasteiger partial charge is 0.505 e. The highest BCUT2D eigenvalue weighted by atomic mass is 32.2. The molecular formula is C16H24FN3O5S. The van der Waals surface area contributed by atoms with Gasteiger partial charge in [-0.2, -0.15) is 0 Å². The number of rotatable bonds is 9. The third-order valence-electron chi connectivity index (χ3n) is 4.17. The lowest BCUT2D eigenvalue weighted by Crippen LogP contribution is -2.36. The molecular weight excluding hydrogens is 365 g/mol. The SMILES string of the molecule is C[C@@H](NS(=O)(=O)CCCCCN1CC(=O)NC1O)c1ccc(F)c(O)c1. The van der Waals surface area contributed by atoms with E-state index in [2.05, 4.69) is 10.0 Å². The van der Waals surface area contributed by atoms with Crippen LogP contribution in [-0.2, 0) is 14.8 Å². The first-order valence-electron chi connectivity index (χ1n) is 8.38. The van der Waals surface area contributed by atoms with Crippen LogP contribution >= 0.6 is 0 Å². The average Bonchev–Trinajstić information content (AvgIpc) is 2.86. The van der Waals surface area contributed by atoms with Crippen molar-refractivity contribution < 1.29 is 27.8 Å². The second-order valence-corrected chi connectivity index (χ2v) is 8.22. The van der Waals surface area contributed by atoms with Gasteiger partial charge in [0.1, 0.15) is 0 Å². The van der Waals surface area contributed by atoms with Crippen LogP contribution in [0.3, 0.4) is 0 Å². The van der Waals surface area contributed by atoms with Gasteiger partial charge < -0.3 is 15.5 Å². The molecule has 0 bridgehead atoms. The first-order valence-corrected chi connectivity index (χ1v) is 10.0. The average molecular weight is 389 g/mol. The molecule has 1 fully saturated rings. The monoisotopic (exact) mass is 389 g/mol.